The fourth-order valence-corrected chi connectivity index (χ4v) is 4.70. The van der Waals surface area contributed by atoms with Crippen LogP contribution in [0.4, 0.5) is 4.39 Å². The van der Waals surface area contributed by atoms with Crippen molar-refractivity contribution in [2.75, 3.05) is 25.0 Å². The van der Waals surface area contributed by atoms with E-state index in [0.717, 1.165) is 0 Å². The van der Waals surface area contributed by atoms with Gasteiger partial charge in [0.1, 0.15) is 5.82 Å². The number of morpholine rings is 1. The van der Waals surface area contributed by atoms with Crippen molar-refractivity contribution < 1.29 is 17.5 Å². The van der Waals surface area contributed by atoms with Crippen molar-refractivity contribution in [3.05, 3.63) is 29.1 Å². The van der Waals surface area contributed by atoms with Gasteiger partial charge in [-0.2, -0.15) is 4.31 Å². The average Bonchev–Trinajstić information content (AvgIpc) is 2.37. The Morgan fingerprint density at radius 3 is 2.55 bits per heavy atom. The van der Waals surface area contributed by atoms with Crippen molar-refractivity contribution in [1.82, 2.24) is 4.31 Å². The van der Waals surface area contributed by atoms with Gasteiger partial charge in [-0.25, -0.2) is 12.8 Å². The van der Waals surface area contributed by atoms with Crippen molar-refractivity contribution in [3.8, 4) is 0 Å². The number of sulfonamides is 1. The van der Waals surface area contributed by atoms with Crippen molar-refractivity contribution in [3.63, 3.8) is 0 Å². The number of ether oxygens (including phenoxy) is 1. The lowest BCUT2D eigenvalue weighted by molar-refractivity contribution is 0.0136. The molecule has 1 unspecified atom stereocenters. The molecule has 1 saturated heterocycles. The molecule has 1 aromatic rings. The Hall–Kier alpha value is -0.500. The van der Waals surface area contributed by atoms with E-state index in [2.05, 4.69) is 15.9 Å². The summed E-state index contributed by atoms with van der Waals surface area (Å²) in [5.41, 5.74) is 0.869. The number of alkyl halides is 1. The molecule has 0 spiro atoms. The molecule has 2 rings (SSSR count). The second-order valence-corrected chi connectivity index (χ2v) is 7.40. The highest BCUT2D eigenvalue weighted by atomic mass is 79.9. The molecular weight excluding hydrogens is 349 g/mol. The minimum absolute atomic E-state index is 0.153. The molecule has 0 N–H and O–H groups in total. The van der Waals surface area contributed by atoms with Gasteiger partial charge in [-0.3, -0.25) is 0 Å². The Labute approximate surface area is 127 Å². The number of aryl methyl sites for hydroxylation is 2. The third-order valence-corrected chi connectivity index (χ3v) is 6.19. The number of rotatable bonds is 3. The van der Waals surface area contributed by atoms with Gasteiger partial charge < -0.3 is 4.74 Å². The Kier molecular flexibility index (Phi) is 4.84. The number of benzene rings is 1. The minimum Gasteiger partial charge on any atom is -0.375 e. The van der Waals surface area contributed by atoms with Crippen LogP contribution in [0.1, 0.15) is 11.1 Å². The first-order valence-corrected chi connectivity index (χ1v) is 8.87. The topological polar surface area (TPSA) is 46.6 Å². The molecule has 1 fully saturated rings. The number of halogens is 2. The maximum absolute atomic E-state index is 13.3. The summed E-state index contributed by atoms with van der Waals surface area (Å²) in [4.78, 5) is 0.203. The molecule has 0 radical (unpaired) electrons. The second kappa shape index (κ2) is 6.09. The number of hydrogen-bond acceptors (Lipinski definition) is 3. The molecule has 20 heavy (non-hydrogen) atoms. The lowest BCUT2D eigenvalue weighted by Crippen LogP contribution is -2.46. The van der Waals surface area contributed by atoms with E-state index in [-0.39, 0.29) is 11.0 Å². The predicted molar refractivity (Wildman–Crippen MR) is 78.2 cm³/mol. The largest absolute Gasteiger partial charge is 0.375 e. The zero-order valence-electron chi connectivity index (χ0n) is 11.4. The average molecular weight is 366 g/mol. The van der Waals surface area contributed by atoms with Crippen LogP contribution in [-0.2, 0) is 14.8 Å². The lowest BCUT2D eigenvalue weighted by Gasteiger charge is -2.32. The summed E-state index contributed by atoms with van der Waals surface area (Å²) in [6.07, 6.45) is -0.153. The Bertz CT molecular complexity index is 583. The first-order valence-electron chi connectivity index (χ1n) is 6.30. The molecular formula is C13H17BrFNO3S. The molecule has 0 saturated carbocycles. The predicted octanol–water partition coefficient (Wildman–Crippen LogP) is 2.23. The van der Waals surface area contributed by atoms with Crippen LogP contribution < -0.4 is 0 Å². The molecule has 1 atom stereocenters. The quantitative estimate of drug-likeness (QED) is 0.771. The summed E-state index contributed by atoms with van der Waals surface area (Å²) in [7, 11) is -3.62. The zero-order chi connectivity index (χ0) is 14.9. The van der Waals surface area contributed by atoms with E-state index in [1.165, 1.54) is 16.4 Å². The van der Waals surface area contributed by atoms with Crippen molar-refractivity contribution >= 4 is 26.0 Å². The van der Waals surface area contributed by atoms with Crippen molar-refractivity contribution in [2.24, 2.45) is 0 Å². The molecule has 0 bridgehead atoms. The van der Waals surface area contributed by atoms with Crippen LogP contribution in [0.5, 0.6) is 0 Å². The van der Waals surface area contributed by atoms with E-state index < -0.39 is 15.8 Å². The van der Waals surface area contributed by atoms with Gasteiger partial charge in [0.05, 0.1) is 17.6 Å². The summed E-state index contributed by atoms with van der Waals surface area (Å²) >= 11 is 3.30. The van der Waals surface area contributed by atoms with Crippen molar-refractivity contribution in [1.29, 1.82) is 0 Å². The first-order chi connectivity index (χ1) is 9.36. The fourth-order valence-electron chi connectivity index (χ4n) is 2.44. The van der Waals surface area contributed by atoms with Gasteiger partial charge in [-0.1, -0.05) is 15.9 Å². The lowest BCUT2D eigenvalue weighted by atomic mass is 10.1. The van der Waals surface area contributed by atoms with Crippen LogP contribution in [0.25, 0.3) is 0 Å². The third kappa shape index (κ3) is 3.05. The van der Waals surface area contributed by atoms with Crippen LogP contribution in [0.15, 0.2) is 17.0 Å². The SMILES string of the molecule is Cc1cc(F)cc(C)c1S(=O)(=O)N1CCOC(CBr)C1. The van der Waals surface area contributed by atoms with Gasteiger partial charge in [0, 0.05) is 18.4 Å². The zero-order valence-corrected chi connectivity index (χ0v) is 13.8. The Morgan fingerprint density at radius 1 is 1.40 bits per heavy atom. The van der Waals surface area contributed by atoms with Gasteiger partial charge in [0.2, 0.25) is 10.0 Å². The van der Waals surface area contributed by atoms with E-state index in [1.807, 2.05) is 0 Å². The summed E-state index contributed by atoms with van der Waals surface area (Å²) < 4.78 is 45.7. The maximum Gasteiger partial charge on any atom is 0.243 e. The normalized spacial score (nSPS) is 21.1. The van der Waals surface area contributed by atoms with Gasteiger partial charge in [-0.15, -0.1) is 0 Å². The third-order valence-electron chi connectivity index (χ3n) is 3.30. The summed E-state index contributed by atoms with van der Waals surface area (Å²) in [5, 5.41) is 0.584. The van der Waals surface area contributed by atoms with Gasteiger partial charge >= 0.3 is 0 Å². The van der Waals surface area contributed by atoms with Gasteiger partial charge in [0.15, 0.2) is 0 Å². The summed E-state index contributed by atoms with van der Waals surface area (Å²) in [5.74, 6) is -0.417. The number of hydrogen-bond donors (Lipinski definition) is 0. The Morgan fingerprint density at radius 2 is 2.00 bits per heavy atom. The molecule has 4 nitrogen and oxygen atoms in total. The highest BCUT2D eigenvalue weighted by molar-refractivity contribution is 9.09. The first kappa shape index (κ1) is 15.9. The summed E-state index contributed by atoms with van der Waals surface area (Å²) in [6.45, 7) is 4.23. The van der Waals surface area contributed by atoms with Crippen molar-refractivity contribution in [2.45, 2.75) is 24.8 Å². The van der Waals surface area contributed by atoms with E-state index in [1.54, 1.807) is 13.8 Å². The molecule has 1 aromatic carbocycles. The molecule has 0 amide bonds. The van der Waals surface area contributed by atoms with Crippen LogP contribution in [0.2, 0.25) is 0 Å². The minimum atomic E-state index is -3.62. The van der Waals surface area contributed by atoms with E-state index in [4.69, 9.17) is 4.74 Å². The van der Waals surface area contributed by atoms with Crippen LogP contribution in [0.3, 0.4) is 0 Å². The molecule has 112 valence electrons. The highest BCUT2D eigenvalue weighted by Crippen LogP contribution is 2.26. The molecule has 1 heterocycles. The fraction of sp³-hybridized carbons (Fsp3) is 0.538. The van der Waals surface area contributed by atoms with Crippen LogP contribution in [0, 0.1) is 19.7 Å². The van der Waals surface area contributed by atoms with E-state index >= 15 is 0 Å². The standard InChI is InChI=1S/C13H17BrFNO3S/c1-9-5-11(15)6-10(2)13(9)20(17,18)16-3-4-19-12(7-14)8-16/h5-6,12H,3-4,7-8H2,1-2H3. The van der Waals surface area contributed by atoms with Gasteiger partial charge in [-0.05, 0) is 37.1 Å². The molecule has 7 heteroatoms. The van der Waals surface area contributed by atoms with Crippen LogP contribution in [-0.4, -0.2) is 43.9 Å². The molecule has 0 aliphatic carbocycles. The summed E-state index contributed by atoms with van der Waals surface area (Å²) in [6, 6.07) is 2.50. The monoisotopic (exact) mass is 365 g/mol. The second-order valence-electron chi connectivity index (χ2n) is 4.88. The maximum atomic E-state index is 13.3. The smallest absolute Gasteiger partial charge is 0.243 e. The van der Waals surface area contributed by atoms with Gasteiger partial charge in [0.25, 0.3) is 0 Å². The highest BCUT2D eigenvalue weighted by Gasteiger charge is 2.32. The van der Waals surface area contributed by atoms with E-state index in [0.29, 0.717) is 36.2 Å². The number of nitrogens with zero attached hydrogens (tertiary/aromatic N) is 1. The molecule has 1 aliphatic rings. The molecule has 1 aliphatic heterocycles. The Balaban J connectivity index is 2.40. The van der Waals surface area contributed by atoms with E-state index in [9.17, 15) is 12.8 Å². The van der Waals surface area contributed by atoms with Crippen LogP contribution >= 0.6 is 15.9 Å². The molecule has 0 aromatic heterocycles.